The first-order valence-corrected chi connectivity index (χ1v) is 11.2. The maximum absolute atomic E-state index is 11.4. The summed E-state index contributed by atoms with van der Waals surface area (Å²) in [6.45, 7) is 5.36. The van der Waals surface area contributed by atoms with Crippen LogP contribution in [0.3, 0.4) is 0 Å². The van der Waals surface area contributed by atoms with Gasteiger partial charge in [0.15, 0.2) is 0 Å². The maximum atomic E-state index is 11.4. The summed E-state index contributed by atoms with van der Waals surface area (Å²) in [4.78, 5) is 45.2. The number of rotatable bonds is 8. The molecular weight excluding hydrogens is 432 g/mol. The van der Waals surface area contributed by atoms with Gasteiger partial charge in [0.25, 0.3) is 0 Å². The quantitative estimate of drug-likeness (QED) is 0.387. The number of thioether (sulfide) groups is 1. The molecule has 0 radical (unpaired) electrons. The molecule has 0 aromatic heterocycles. The van der Waals surface area contributed by atoms with Crippen molar-refractivity contribution in [1.82, 2.24) is 0 Å². The van der Waals surface area contributed by atoms with Crippen LogP contribution >= 0.6 is 11.8 Å². The molecule has 176 valence electrons. The Hall–Kier alpha value is -1.85. The van der Waals surface area contributed by atoms with Gasteiger partial charge in [-0.2, -0.15) is 0 Å². The first-order chi connectivity index (χ1) is 14.6. The van der Waals surface area contributed by atoms with Crippen LogP contribution in [0.4, 0.5) is 0 Å². The Kier molecular flexibility index (Phi) is 10.0. The van der Waals surface area contributed by atoms with E-state index in [-0.39, 0.29) is 36.6 Å². The number of esters is 4. The lowest BCUT2D eigenvalue weighted by Crippen LogP contribution is -2.42. The highest BCUT2D eigenvalue weighted by molar-refractivity contribution is 7.99. The van der Waals surface area contributed by atoms with E-state index in [1.165, 1.54) is 39.5 Å². The molecule has 6 atom stereocenters. The molecule has 2 saturated heterocycles. The number of hydrogen-bond acceptors (Lipinski definition) is 11. The van der Waals surface area contributed by atoms with Gasteiger partial charge < -0.3 is 28.4 Å². The smallest absolute Gasteiger partial charge is 0.304 e. The number of ether oxygens (including phenoxy) is 6. The minimum atomic E-state index is -0.793. The average molecular weight is 463 g/mol. The molecule has 0 aromatic carbocycles. The van der Waals surface area contributed by atoms with Crippen LogP contribution in [0.5, 0.6) is 0 Å². The van der Waals surface area contributed by atoms with Gasteiger partial charge in [0, 0.05) is 59.1 Å². The molecular formula is C20H30O10S. The van der Waals surface area contributed by atoms with Gasteiger partial charge in [0.05, 0.1) is 12.2 Å². The predicted molar refractivity (Wildman–Crippen MR) is 108 cm³/mol. The highest BCUT2D eigenvalue weighted by Crippen LogP contribution is 2.32. The van der Waals surface area contributed by atoms with E-state index >= 15 is 0 Å². The molecule has 0 aliphatic carbocycles. The zero-order valence-corrected chi connectivity index (χ0v) is 19.0. The van der Waals surface area contributed by atoms with Crippen LogP contribution < -0.4 is 0 Å². The Morgan fingerprint density at radius 2 is 1.32 bits per heavy atom. The van der Waals surface area contributed by atoms with Crippen molar-refractivity contribution >= 4 is 35.6 Å². The van der Waals surface area contributed by atoms with Crippen LogP contribution in [0.2, 0.25) is 0 Å². The molecule has 0 saturated carbocycles. The SMILES string of the molecule is CC(=O)OCC1CC(OC(C)=O)CC(SCC2CC(OC(C)=O)CC(OC(C)=O)O2)O1. The van der Waals surface area contributed by atoms with Crippen LogP contribution in [-0.2, 0) is 47.6 Å². The molecule has 6 unspecified atom stereocenters. The Labute approximate surface area is 185 Å². The molecule has 0 N–H and O–H groups in total. The van der Waals surface area contributed by atoms with Crippen molar-refractivity contribution in [2.24, 2.45) is 0 Å². The second-order valence-corrected chi connectivity index (χ2v) is 8.72. The molecule has 0 amide bonds. The second-order valence-electron chi connectivity index (χ2n) is 7.53. The summed E-state index contributed by atoms with van der Waals surface area (Å²) in [6.07, 6.45) is -0.634. The summed E-state index contributed by atoms with van der Waals surface area (Å²) in [5.41, 5.74) is -0.316. The minimum absolute atomic E-state index is 0.0765. The topological polar surface area (TPSA) is 124 Å². The van der Waals surface area contributed by atoms with Crippen molar-refractivity contribution in [2.45, 2.75) is 89.5 Å². The summed E-state index contributed by atoms with van der Waals surface area (Å²) in [7, 11) is 0. The molecule has 0 aromatic rings. The molecule has 11 heteroatoms. The third kappa shape index (κ3) is 9.88. The lowest BCUT2D eigenvalue weighted by Gasteiger charge is -2.37. The van der Waals surface area contributed by atoms with Gasteiger partial charge in [-0.25, -0.2) is 0 Å². The summed E-state index contributed by atoms with van der Waals surface area (Å²) in [6, 6.07) is 0. The van der Waals surface area contributed by atoms with Gasteiger partial charge >= 0.3 is 23.9 Å². The number of carbonyl (C=O) groups excluding carboxylic acids is 4. The third-order valence-electron chi connectivity index (χ3n) is 4.55. The highest BCUT2D eigenvalue weighted by atomic mass is 32.2. The molecule has 10 nitrogen and oxygen atoms in total. The number of carbonyl (C=O) groups is 4. The fraction of sp³-hybridized carbons (Fsp3) is 0.800. The van der Waals surface area contributed by atoms with Crippen LogP contribution in [0.15, 0.2) is 0 Å². The van der Waals surface area contributed by atoms with Crippen molar-refractivity contribution in [1.29, 1.82) is 0 Å². The van der Waals surface area contributed by atoms with Gasteiger partial charge in [-0.1, -0.05) is 0 Å². The van der Waals surface area contributed by atoms with Crippen molar-refractivity contribution in [2.75, 3.05) is 12.4 Å². The Bertz CT molecular complexity index is 630. The van der Waals surface area contributed by atoms with Crippen LogP contribution in [-0.4, -0.2) is 72.4 Å². The first kappa shape index (κ1) is 25.4. The van der Waals surface area contributed by atoms with E-state index in [2.05, 4.69) is 0 Å². The monoisotopic (exact) mass is 462 g/mol. The van der Waals surface area contributed by atoms with Crippen molar-refractivity contribution in [3.05, 3.63) is 0 Å². The standard InChI is InChI=1S/C20H30O10S/c1-11(21)25-9-17-5-16(27-13(3)23)8-20(30-17)31-10-18-6-15(26-12(2)22)7-19(29-18)28-14(4)24/h15-20H,5-10H2,1-4H3. The highest BCUT2D eigenvalue weighted by Gasteiger charge is 2.36. The van der Waals surface area contributed by atoms with Gasteiger partial charge in [0.2, 0.25) is 6.29 Å². The predicted octanol–water partition coefficient (Wildman–Crippen LogP) is 1.72. The lowest BCUT2D eigenvalue weighted by atomic mass is 10.1. The fourth-order valence-electron chi connectivity index (χ4n) is 3.53. The number of hydrogen-bond donors (Lipinski definition) is 0. The Balaban J connectivity index is 1.94. The molecule has 0 spiro atoms. The van der Waals surface area contributed by atoms with Crippen LogP contribution in [0.25, 0.3) is 0 Å². The van der Waals surface area contributed by atoms with E-state index in [0.717, 1.165) is 0 Å². The van der Waals surface area contributed by atoms with Crippen LogP contribution in [0, 0.1) is 0 Å². The van der Waals surface area contributed by atoms with Gasteiger partial charge in [0.1, 0.15) is 24.3 Å². The molecule has 0 bridgehead atoms. The van der Waals surface area contributed by atoms with E-state index < -0.39 is 36.4 Å². The van der Waals surface area contributed by atoms with E-state index in [4.69, 9.17) is 28.4 Å². The van der Waals surface area contributed by atoms with E-state index in [0.29, 0.717) is 25.0 Å². The first-order valence-electron chi connectivity index (χ1n) is 10.2. The van der Waals surface area contributed by atoms with E-state index in [1.807, 2.05) is 0 Å². The third-order valence-corrected chi connectivity index (χ3v) is 5.79. The molecule has 2 rings (SSSR count). The van der Waals surface area contributed by atoms with Crippen molar-refractivity contribution in [3.8, 4) is 0 Å². The Morgan fingerprint density at radius 3 is 1.90 bits per heavy atom. The van der Waals surface area contributed by atoms with Gasteiger partial charge in [-0.15, -0.1) is 11.8 Å². The summed E-state index contributed by atoms with van der Waals surface area (Å²) in [5.74, 6) is -1.20. The lowest BCUT2D eigenvalue weighted by molar-refractivity contribution is -0.215. The maximum Gasteiger partial charge on any atom is 0.304 e. The van der Waals surface area contributed by atoms with Crippen LogP contribution in [0.1, 0.15) is 53.4 Å². The Morgan fingerprint density at radius 1 is 0.742 bits per heavy atom. The largest absolute Gasteiger partial charge is 0.463 e. The minimum Gasteiger partial charge on any atom is -0.463 e. The molecule has 2 heterocycles. The van der Waals surface area contributed by atoms with E-state index in [1.54, 1.807) is 0 Å². The van der Waals surface area contributed by atoms with E-state index in [9.17, 15) is 19.2 Å². The van der Waals surface area contributed by atoms with Gasteiger partial charge in [-0.05, 0) is 0 Å². The van der Waals surface area contributed by atoms with Gasteiger partial charge in [-0.3, -0.25) is 19.2 Å². The van der Waals surface area contributed by atoms with Crippen molar-refractivity contribution in [3.63, 3.8) is 0 Å². The fourth-order valence-corrected chi connectivity index (χ4v) is 4.76. The summed E-state index contributed by atoms with van der Waals surface area (Å²) >= 11 is 1.45. The molecule has 2 fully saturated rings. The summed E-state index contributed by atoms with van der Waals surface area (Å²) < 4.78 is 32.7. The normalized spacial score (nSPS) is 30.7. The molecule has 2 aliphatic heterocycles. The molecule has 31 heavy (non-hydrogen) atoms. The summed E-state index contributed by atoms with van der Waals surface area (Å²) in [5, 5.41) is 0. The zero-order valence-electron chi connectivity index (χ0n) is 18.2. The van der Waals surface area contributed by atoms with Crippen molar-refractivity contribution < 1.29 is 47.6 Å². The zero-order chi connectivity index (χ0) is 23.0. The second kappa shape index (κ2) is 12.3. The average Bonchev–Trinajstić information content (AvgIpc) is 2.63. The molecule has 2 aliphatic rings.